The Balaban J connectivity index is 2.16. The molecule has 12 nitrogen and oxygen atoms in total. The highest BCUT2D eigenvalue weighted by molar-refractivity contribution is 7.80. The molecule has 0 aliphatic carbocycles. The van der Waals surface area contributed by atoms with Crippen LogP contribution in [0.25, 0.3) is 10.9 Å². The number of thiocarbonyl (C=S) groups is 1. The second-order valence-corrected chi connectivity index (χ2v) is 7.54. The fraction of sp³-hybridized carbons (Fsp3) is 0.400. The molecule has 0 bridgehead atoms. The van der Waals surface area contributed by atoms with Gasteiger partial charge in [-0.3, -0.25) is 19.0 Å². The molecule has 1 aromatic heterocycles. The number of rotatable bonds is 5. The first-order chi connectivity index (χ1) is 15.6. The van der Waals surface area contributed by atoms with E-state index >= 15 is 0 Å². The second kappa shape index (κ2) is 9.92. The molecule has 0 amide bonds. The molecule has 2 heterocycles. The van der Waals surface area contributed by atoms with Gasteiger partial charge in [-0.2, -0.15) is 0 Å². The van der Waals surface area contributed by atoms with E-state index < -0.39 is 42.4 Å². The van der Waals surface area contributed by atoms with Crippen LogP contribution in [-0.4, -0.2) is 57.6 Å². The SMILES string of the molecule is CC(=O)O[C@@H]1[C@@H](OC(C)=O)[C@@H](n2c(O)c(N=NC(N)=S)c3ccccc32)OC[C@H]1OC(C)=O. The molecule has 33 heavy (non-hydrogen) atoms. The van der Waals surface area contributed by atoms with Crippen LogP contribution in [0.2, 0.25) is 0 Å². The number of aromatic nitrogens is 1. The summed E-state index contributed by atoms with van der Waals surface area (Å²) in [5, 5.41) is 18.8. The zero-order valence-electron chi connectivity index (χ0n) is 18.0. The van der Waals surface area contributed by atoms with Crippen molar-refractivity contribution in [2.45, 2.75) is 45.3 Å². The Hall–Kier alpha value is -3.58. The van der Waals surface area contributed by atoms with Crippen LogP contribution in [0.1, 0.15) is 27.0 Å². The highest BCUT2D eigenvalue weighted by atomic mass is 32.1. The molecule has 1 aliphatic heterocycles. The monoisotopic (exact) mass is 478 g/mol. The van der Waals surface area contributed by atoms with Crippen LogP contribution in [-0.2, 0) is 33.3 Å². The highest BCUT2D eigenvalue weighted by Crippen LogP contribution is 2.44. The Bertz CT molecular complexity index is 1130. The van der Waals surface area contributed by atoms with E-state index in [1.807, 2.05) is 0 Å². The van der Waals surface area contributed by atoms with E-state index in [-0.39, 0.29) is 23.3 Å². The van der Waals surface area contributed by atoms with E-state index in [0.717, 1.165) is 13.8 Å². The maximum atomic E-state index is 11.9. The average Bonchev–Trinajstić information content (AvgIpc) is 2.99. The van der Waals surface area contributed by atoms with E-state index in [0.29, 0.717) is 10.9 Å². The Morgan fingerprint density at radius 1 is 1.09 bits per heavy atom. The maximum absolute atomic E-state index is 11.9. The number of azo groups is 1. The number of aromatic hydroxyl groups is 1. The third-order valence-electron chi connectivity index (χ3n) is 4.69. The number of nitrogens with two attached hydrogens (primary N) is 1. The maximum Gasteiger partial charge on any atom is 0.303 e. The number of hydrogen-bond acceptors (Lipinski definition) is 10. The van der Waals surface area contributed by atoms with Crippen molar-refractivity contribution in [1.82, 2.24) is 4.57 Å². The third kappa shape index (κ3) is 5.26. The van der Waals surface area contributed by atoms with Gasteiger partial charge < -0.3 is 29.8 Å². The Labute approximate surface area is 193 Å². The van der Waals surface area contributed by atoms with Crippen molar-refractivity contribution in [1.29, 1.82) is 0 Å². The van der Waals surface area contributed by atoms with E-state index in [1.54, 1.807) is 24.3 Å². The summed E-state index contributed by atoms with van der Waals surface area (Å²) in [6.07, 6.45) is -4.73. The summed E-state index contributed by atoms with van der Waals surface area (Å²) in [5.41, 5.74) is 5.89. The molecular formula is C20H22N4O8S. The summed E-state index contributed by atoms with van der Waals surface area (Å²) in [6.45, 7) is 3.29. The van der Waals surface area contributed by atoms with Gasteiger partial charge in [0, 0.05) is 26.2 Å². The highest BCUT2D eigenvalue weighted by Gasteiger charge is 2.48. The molecule has 0 spiro atoms. The van der Waals surface area contributed by atoms with Gasteiger partial charge in [-0.25, -0.2) is 0 Å². The first-order valence-electron chi connectivity index (χ1n) is 9.76. The van der Waals surface area contributed by atoms with Crippen molar-refractivity contribution in [3.8, 4) is 5.88 Å². The fourth-order valence-electron chi connectivity index (χ4n) is 3.63. The molecule has 0 saturated carbocycles. The number of para-hydroxylation sites is 1. The minimum atomic E-state index is -1.29. The van der Waals surface area contributed by atoms with Crippen LogP contribution >= 0.6 is 12.2 Å². The second-order valence-electron chi connectivity index (χ2n) is 7.12. The van der Waals surface area contributed by atoms with Gasteiger partial charge in [0.2, 0.25) is 11.0 Å². The summed E-state index contributed by atoms with van der Waals surface area (Å²) in [7, 11) is 0. The number of hydrogen-bond donors (Lipinski definition) is 2. The molecule has 3 rings (SSSR count). The molecule has 3 N–H and O–H groups in total. The summed E-state index contributed by atoms with van der Waals surface area (Å²) in [5.74, 6) is -2.43. The van der Waals surface area contributed by atoms with Crippen molar-refractivity contribution < 1.29 is 38.4 Å². The molecule has 1 saturated heterocycles. The topological polar surface area (TPSA) is 164 Å². The number of benzene rings is 1. The zero-order valence-corrected chi connectivity index (χ0v) is 18.8. The Kier molecular flexibility index (Phi) is 7.23. The van der Waals surface area contributed by atoms with Gasteiger partial charge in [0.25, 0.3) is 0 Å². The Morgan fingerprint density at radius 2 is 1.70 bits per heavy atom. The Morgan fingerprint density at radius 3 is 2.30 bits per heavy atom. The summed E-state index contributed by atoms with van der Waals surface area (Å²) in [4.78, 5) is 35.3. The molecule has 1 aliphatic rings. The van der Waals surface area contributed by atoms with Gasteiger partial charge in [-0.05, 0) is 18.3 Å². The molecular weight excluding hydrogens is 456 g/mol. The number of nitrogens with zero attached hydrogens (tertiary/aromatic N) is 3. The summed E-state index contributed by atoms with van der Waals surface area (Å²) < 4.78 is 23.2. The average molecular weight is 478 g/mol. The number of carbonyl (C=O) groups excluding carboxylic acids is 3. The van der Waals surface area contributed by atoms with Gasteiger partial charge in [0.05, 0.1) is 12.1 Å². The normalized spacial score (nSPS) is 22.8. The van der Waals surface area contributed by atoms with E-state index in [2.05, 4.69) is 10.2 Å². The third-order valence-corrected chi connectivity index (χ3v) is 4.77. The van der Waals surface area contributed by atoms with Crippen LogP contribution in [0.3, 0.4) is 0 Å². The van der Waals surface area contributed by atoms with Gasteiger partial charge in [-0.1, -0.05) is 18.2 Å². The summed E-state index contributed by atoms with van der Waals surface area (Å²) in [6, 6.07) is 6.77. The minimum absolute atomic E-state index is 0.0507. The van der Waals surface area contributed by atoms with E-state index in [9.17, 15) is 19.5 Å². The first-order valence-corrected chi connectivity index (χ1v) is 10.2. The van der Waals surface area contributed by atoms with Gasteiger partial charge in [0.1, 0.15) is 0 Å². The minimum Gasteiger partial charge on any atom is -0.493 e. The standard InChI is InChI=1S/C20H22N4O8S/c1-9(25)30-14-8-29-19(17(32-11(3)27)16(14)31-10(2)26)24-13-7-5-4-6-12(13)15(18(24)28)22-23-20(21)33/h4-7,14,16-17,19,28H,8H2,1-3H3,(H2,21,33)/t14-,16+,17-,19+/m1/s1. The lowest BCUT2D eigenvalue weighted by atomic mass is 10.0. The van der Waals surface area contributed by atoms with Crippen LogP contribution in [0, 0.1) is 0 Å². The molecule has 1 fully saturated rings. The molecule has 4 atom stereocenters. The van der Waals surface area contributed by atoms with Crippen LogP contribution in [0.15, 0.2) is 34.5 Å². The first kappa shape index (κ1) is 24.1. The predicted molar refractivity (Wildman–Crippen MR) is 117 cm³/mol. The van der Waals surface area contributed by atoms with Crippen molar-refractivity contribution in [2.24, 2.45) is 16.0 Å². The van der Waals surface area contributed by atoms with Gasteiger partial charge in [0.15, 0.2) is 30.2 Å². The smallest absolute Gasteiger partial charge is 0.303 e. The number of ether oxygens (including phenoxy) is 4. The number of fused-ring (bicyclic) bond motifs is 1. The van der Waals surface area contributed by atoms with Crippen molar-refractivity contribution in [3.63, 3.8) is 0 Å². The quantitative estimate of drug-likeness (QED) is 0.281. The van der Waals surface area contributed by atoms with Crippen LogP contribution in [0.4, 0.5) is 5.69 Å². The molecule has 13 heteroatoms. The largest absolute Gasteiger partial charge is 0.493 e. The molecule has 0 unspecified atom stereocenters. The predicted octanol–water partition coefficient (Wildman–Crippen LogP) is 2.00. The lowest BCUT2D eigenvalue weighted by molar-refractivity contribution is -0.239. The van der Waals surface area contributed by atoms with Crippen molar-refractivity contribution >= 4 is 51.8 Å². The van der Waals surface area contributed by atoms with Crippen LogP contribution in [0.5, 0.6) is 5.88 Å². The fourth-order valence-corrected chi connectivity index (χ4v) is 3.67. The molecule has 0 radical (unpaired) electrons. The van der Waals surface area contributed by atoms with Gasteiger partial charge in [-0.15, -0.1) is 10.2 Å². The van der Waals surface area contributed by atoms with Gasteiger partial charge >= 0.3 is 17.9 Å². The number of carbonyl (C=O) groups is 3. The summed E-state index contributed by atoms with van der Waals surface area (Å²) >= 11 is 4.72. The van der Waals surface area contributed by atoms with Crippen molar-refractivity contribution in [3.05, 3.63) is 24.3 Å². The molecule has 1 aromatic carbocycles. The van der Waals surface area contributed by atoms with E-state index in [1.165, 1.54) is 11.5 Å². The van der Waals surface area contributed by atoms with E-state index in [4.69, 9.17) is 36.9 Å². The molecule has 2 aromatic rings. The van der Waals surface area contributed by atoms with Crippen molar-refractivity contribution in [2.75, 3.05) is 6.61 Å². The zero-order chi connectivity index (χ0) is 24.3. The number of esters is 3. The lowest BCUT2D eigenvalue weighted by Crippen LogP contribution is -2.55. The van der Waals surface area contributed by atoms with Crippen LogP contribution < -0.4 is 5.73 Å². The lowest BCUT2D eigenvalue weighted by Gasteiger charge is -2.41. The molecule has 176 valence electrons.